The van der Waals surface area contributed by atoms with E-state index in [9.17, 15) is 14.4 Å². The van der Waals surface area contributed by atoms with Crippen LogP contribution in [0, 0.1) is 5.82 Å². The minimum atomic E-state index is -0.579. The SMILES string of the molecule is COc1cc(NC(=O)c2ccc(N3CCN(C(=O)OC(C)(C)C)CC3)c(F)c2)ccc1C1=CCN(C(=O)OC(C)(C)C)CC1. The lowest BCUT2D eigenvalue weighted by Gasteiger charge is -2.36. The van der Waals surface area contributed by atoms with Crippen molar-refractivity contribution in [1.82, 2.24) is 9.80 Å². The van der Waals surface area contributed by atoms with E-state index in [1.165, 1.54) is 6.07 Å². The van der Waals surface area contributed by atoms with Crippen molar-refractivity contribution in [2.75, 3.05) is 56.6 Å². The van der Waals surface area contributed by atoms with Gasteiger partial charge in [-0.2, -0.15) is 0 Å². The van der Waals surface area contributed by atoms with Crippen LogP contribution >= 0.6 is 0 Å². The Morgan fingerprint density at radius 2 is 1.45 bits per heavy atom. The lowest BCUT2D eigenvalue weighted by atomic mass is 9.98. The molecule has 1 saturated heterocycles. The largest absolute Gasteiger partial charge is 0.496 e. The Bertz CT molecular complexity index is 1420. The third-order valence-electron chi connectivity index (χ3n) is 7.15. The highest BCUT2D eigenvalue weighted by atomic mass is 19.1. The second-order valence-electron chi connectivity index (χ2n) is 12.9. The Morgan fingerprint density at radius 1 is 0.818 bits per heavy atom. The topological polar surface area (TPSA) is 101 Å². The molecule has 2 aromatic carbocycles. The van der Waals surface area contributed by atoms with Gasteiger partial charge in [0.1, 0.15) is 22.8 Å². The first-order chi connectivity index (χ1) is 20.6. The number of anilines is 2. The van der Waals surface area contributed by atoms with Crippen molar-refractivity contribution in [3.05, 3.63) is 59.4 Å². The van der Waals surface area contributed by atoms with Gasteiger partial charge in [-0.1, -0.05) is 6.08 Å². The monoisotopic (exact) mass is 610 g/mol. The molecule has 4 rings (SSSR count). The number of rotatable bonds is 5. The number of amides is 3. The lowest BCUT2D eigenvalue weighted by Crippen LogP contribution is -2.50. The molecule has 44 heavy (non-hydrogen) atoms. The quantitative estimate of drug-likeness (QED) is 0.432. The first-order valence-corrected chi connectivity index (χ1v) is 14.8. The van der Waals surface area contributed by atoms with E-state index in [0.29, 0.717) is 62.8 Å². The van der Waals surface area contributed by atoms with Crippen LogP contribution in [0.1, 0.15) is 63.9 Å². The van der Waals surface area contributed by atoms with E-state index in [1.807, 2.05) is 58.6 Å². The fraction of sp³-hybridized carbons (Fsp3) is 0.485. The summed E-state index contributed by atoms with van der Waals surface area (Å²) in [7, 11) is 1.56. The fourth-order valence-electron chi connectivity index (χ4n) is 5.00. The summed E-state index contributed by atoms with van der Waals surface area (Å²) in [5.41, 5.74) is 1.83. The number of benzene rings is 2. The number of hydrogen-bond donors (Lipinski definition) is 1. The van der Waals surface area contributed by atoms with Crippen LogP contribution in [-0.4, -0.2) is 85.5 Å². The average molecular weight is 611 g/mol. The maximum absolute atomic E-state index is 15.2. The molecule has 0 saturated carbocycles. The Morgan fingerprint density at radius 3 is 2.00 bits per heavy atom. The summed E-state index contributed by atoms with van der Waals surface area (Å²) in [5, 5.41) is 2.82. The predicted octanol–water partition coefficient (Wildman–Crippen LogP) is 6.17. The van der Waals surface area contributed by atoms with Crippen molar-refractivity contribution in [2.45, 2.75) is 59.2 Å². The molecule has 2 heterocycles. The summed E-state index contributed by atoms with van der Waals surface area (Å²) in [6.07, 6.45) is 1.88. The first-order valence-electron chi connectivity index (χ1n) is 14.8. The molecule has 3 amide bonds. The zero-order valence-electron chi connectivity index (χ0n) is 26.7. The minimum Gasteiger partial charge on any atom is -0.496 e. The number of carbonyl (C=O) groups is 3. The van der Waals surface area contributed by atoms with Crippen molar-refractivity contribution in [3.63, 3.8) is 0 Å². The van der Waals surface area contributed by atoms with Crippen LogP contribution in [0.4, 0.5) is 25.4 Å². The van der Waals surface area contributed by atoms with Gasteiger partial charge in [0, 0.05) is 62.1 Å². The van der Waals surface area contributed by atoms with Crippen LogP contribution in [0.5, 0.6) is 5.75 Å². The molecule has 11 heteroatoms. The molecule has 238 valence electrons. The molecule has 2 aromatic rings. The van der Waals surface area contributed by atoms with Gasteiger partial charge in [0.15, 0.2) is 0 Å². The van der Waals surface area contributed by atoms with Gasteiger partial charge in [-0.15, -0.1) is 0 Å². The van der Waals surface area contributed by atoms with Gasteiger partial charge in [0.2, 0.25) is 0 Å². The molecule has 1 fully saturated rings. The van der Waals surface area contributed by atoms with Crippen LogP contribution in [0.25, 0.3) is 5.57 Å². The standard InChI is InChI=1S/C33H43FN4O6/c1-32(2,3)43-30(40)37-14-12-22(13-15-37)25-10-9-24(21-28(25)42-7)35-29(39)23-8-11-27(26(34)20-23)36-16-18-38(19-17-36)31(41)44-33(4,5)6/h8-12,20-21H,13-19H2,1-7H3,(H,35,39). The normalized spacial score (nSPS) is 15.8. The molecule has 2 aliphatic heterocycles. The van der Waals surface area contributed by atoms with Crippen molar-refractivity contribution < 1.29 is 33.0 Å². The van der Waals surface area contributed by atoms with Gasteiger partial charge < -0.3 is 34.2 Å². The summed E-state index contributed by atoms with van der Waals surface area (Å²) in [6.45, 7) is 13.6. The molecule has 2 aliphatic rings. The zero-order chi connectivity index (χ0) is 32.2. The number of nitrogens with zero attached hydrogens (tertiary/aromatic N) is 3. The molecule has 0 atom stereocenters. The summed E-state index contributed by atoms with van der Waals surface area (Å²) in [5.74, 6) is -0.391. The second-order valence-corrected chi connectivity index (χ2v) is 12.9. The van der Waals surface area contributed by atoms with E-state index in [4.69, 9.17) is 14.2 Å². The minimum absolute atomic E-state index is 0.180. The molecular weight excluding hydrogens is 567 g/mol. The number of halogens is 1. The van der Waals surface area contributed by atoms with Crippen molar-refractivity contribution in [2.24, 2.45) is 0 Å². The fourth-order valence-corrected chi connectivity index (χ4v) is 5.00. The lowest BCUT2D eigenvalue weighted by molar-refractivity contribution is 0.0237. The van der Waals surface area contributed by atoms with Crippen LogP contribution in [0.15, 0.2) is 42.5 Å². The third-order valence-corrected chi connectivity index (χ3v) is 7.15. The van der Waals surface area contributed by atoms with E-state index in [2.05, 4.69) is 5.32 Å². The highest BCUT2D eigenvalue weighted by Crippen LogP contribution is 2.33. The Kier molecular flexibility index (Phi) is 9.75. The molecule has 0 unspecified atom stereocenters. The Labute approximate surface area is 258 Å². The number of methoxy groups -OCH3 is 1. The summed E-state index contributed by atoms with van der Waals surface area (Å²) in [6, 6.07) is 9.76. The van der Waals surface area contributed by atoms with Crippen LogP contribution < -0.4 is 15.0 Å². The van der Waals surface area contributed by atoms with E-state index in [0.717, 1.165) is 11.1 Å². The van der Waals surface area contributed by atoms with Crippen molar-refractivity contribution >= 4 is 35.0 Å². The molecule has 10 nitrogen and oxygen atoms in total. The predicted molar refractivity (Wildman–Crippen MR) is 168 cm³/mol. The summed E-state index contributed by atoms with van der Waals surface area (Å²) < 4.78 is 31.7. The summed E-state index contributed by atoms with van der Waals surface area (Å²) >= 11 is 0. The maximum atomic E-state index is 15.2. The number of nitrogens with one attached hydrogen (secondary N) is 1. The van der Waals surface area contributed by atoms with Crippen molar-refractivity contribution in [1.29, 1.82) is 0 Å². The van der Waals surface area contributed by atoms with Gasteiger partial charge in [-0.05, 0) is 83.9 Å². The van der Waals surface area contributed by atoms with E-state index >= 15 is 4.39 Å². The van der Waals surface area contributed by atoms with Crippen LogP contribution in [0.2, 0.25) is 0 Å². The number of piperazine rings is 1. The van der Waals surface area contributed by atoms with Crippen LogP contribution in [0.3, 0.4) is 0 Å². The second kappa shape index (κ2) is 13.2. The van der Waals surface area contributed by atoms with Gasteiger partial charge in [-0.3, -0.25) is 4.79 Å². The molecule has 1 N–H and O–H groups in total. The Balaban J connectivity index is 1.37. The van der Waals surface area contributed by atoms with Crippen LogP contribution in [-0.2, 0) is 9.47 Å². The van der Waals surface area contributed by atoms with E-state index < -0.39 is 22.9 Å². The third kappa shape index (κ3) is 8.42. The molecule has 0 bridgehead atoms. The molecule has 0 spiro atoms. The molecular formula is C33H43FN4O6. The van der Waals surface area contributed by atoms with Gasteiger partial charge in [-0.25, -0.2) is 14.0 Å². The highest BCUT2D eigenvalue weighted by Gasteiger charge is 2.28. The number of hydrogen-bond acceptors (Lipinski definition) is 7. The van der Waals surface area contributed by atoms with Gasteiger partial charge >= 0.3 is 12.2 Å². The average Bonchev–Trinajstić information content (AvgIpc) is 2.95. The number of ether oxygens (including phenoxy) is 3. The summed E-state index contributed by atoms with van der Waals surface area (Å²) in [4.78, 5) is 42.9. The van der Waals surface area contributed by atoms with E-state index in [1.54, 1.807) is 41.2 Å². The molecule has 0 aromatic heterocycles. The van der Waals surface area contributed by atoms with Crippen molar-refractivity contribution in [3.8, 4) is 5.75 Å². The number of carbonyl (C=O) groups excluding carboxylic acids is 3. The zero-order valence-corrected chi connectivity index (χ0v) is 26.7. The van der Waals surface area contributed by atoms with Gasteiger partial charge in [0.05, 0.1) is 12.8 Å². The maximum Gasteiger partial charge on any atom is 0.410 e. The first kappa shape index (κ1) is 32.6. The van der Waals surface area contributed by atoms with Gasteiger partial charge in [0.25, 0.3) is 5.91 Å². The Hall–Kier alpha value is -4.28. The highest BCUT2D eigenvalue weighted by molar-refractivity contribution is 6.04. The molecule has 0 aliphatic carbocycles. The van der Waals surface area contributed by atoms with E-state index in [-0.39, 0.29) is 17.7 Å². The molecule has 0 radical (unpaired) electrons. The smallest absolute Gasteiger partial charge is 0.410 e.